The Labute approximate surface area is 195 Å². The molecule has 0 spiro atoms. The lowest BCUT2D eigenvalue weighted by molar-refractivity contribution is -0.145. The lowest BCUT2D eigenvalue weighted by Gasteiger charge is -2.35. The molecule has 1 N–H and O–H groups in total. The zero-order valence-corrected chi connectivity index (χ0v) is 18.2. The molecule has 2 aromatic carbocycles. The second-order valence-corrected chi connectivity index (χ2v) is 8.03. The molecule has 1 aliphatic heterocycles. The van der Waals surface area contributed by atoms with Crippen LogP contribution in [0.25, 0.3) is 22.4 Å². The van der Waals surface area contributed by atoms with Crippen LogP contribution in [0.15, 0.2) is 85.1 Å². The average molecular weight is 461 g/mol. The molecule has 8 heteroatoms. The van der Waals surface area contributed by atoms with Gasteiger partial charge in [-0.3, -0.25) is 0 Å². The number of nitrogens with one attached hydrogen (secondary N) is 1. The van der Waals surface area contributed by atoms with Crippen LogP contribution in [0.3, 0.4) is 0 Å². The maximum Gasteiger partial charge on any atom is 0.451 e. The van der Waals surface area contributed by atoms with Gasteiger partial charge in [0.05, 0.1) is 17.4 Å². The Bertz CT molecular complexity index is 1250. The summed E-state index contributed by atoms with van der Waals surface area (Å²) in [7, 11) is 0. The SMILES string of the molecule is FC(F)(F)c1nc(-c2ccccc2)c(-c2ccccc2)c(C2CN(c3ccccn3)CCN2)n1. The lowest BCUT2D eigenvalue weighted by atomic mass is 9.93. The van der Waals surface area contributed by atoms with Crippen molar-refractivity contribution in [2.75, 3.05) is 24.5 Å². The Hall–Kier alpha value is -3.78. The molecule has 3 heterocycles. The van der Waals surface area contributed by atoms with Crippen molar-refractivity contribution in [1.29, 1.82) is 0 Å². The van der Waals surface area contributed by atoms with E-state index < -0.39 is 18.0 Å². The van der Waals surface area contributed by atoms with Crippen molar-refractivity contribution in [3.8, 4) is 22.4 Å². The third-order valence-corrected chi connectivity index (χ3v) is 5.78. The molecule has 1 atom stereocenters. The van der Waals surface area contributed by atoms with E-state index in [4.69, 9.17) is 0 Å². The van der Waals surface area contributed by atoms with E-state index in [0.29, 0.717) is 36.5 Å². The van der Waals surface area contributed by atoms with Gasteiger partial charge in [0, 0.05) is 37.0 Å². The van der Waals surface area contributed by atoms with Gasteiger partial charge >= 0.3 is 6.18 Å². The summed E-state index contributed by atoms with van der Waals surface area (Å²) in [6.45, 7) is 1.71. The van der Waals surface area contributed by atoms with Crippen LogP contribution in [0, 0.1) is 0 Å². The van der Waals surface area contributed by atoms with Crippen LogP contribution in [0.5, 0.6) is 0 Å². The van der Waals surface area contributed by atoms with Gasteiger partial charge in [-0.2, -0.15) is 13.2 Å². The maximum atomic E-state index is 13.9. The highest BCUT2D eigenvalue weighted by Gasteiger charge is 2.38. The van der Waals surface area contributed by atoms with Gasteiger partial charge in [0.2, 0.25) is 5.82 Å². The first kappa shape index (κ1) is 22.0. The van der Waals surface area contributed by atoms with Gasteiger partial charge in [-0.05, 0) is 17.7 Å². The van der Waals surface area contributed by atoms with Gasteiger partial charge in [-0.1, -0.05) is 66.7 Å². The van der Waals surface area contributed by atoms with E-state index in [9.17, 15) is 13.2 Å². The highest BCUT2D eigenvalue weighted by molar-refractivity contribution is 5.82. The van der Waals surface area contributed by atoms with E-state index in [1.54, 1.807) is 30.5 Å². The summed E-state index contributed by atoms with van der Waals surface area (Å²) < 4.78 is 41.8. The number of anilines is 1. The largest absolute Gasteiger partial charge is 0.451 e. The minimum absolute atomic E-state index is 0.265. The summed E-state index contributed by atoms with van der Waals surface area (Å²) in [4.78, 5) is 14.6. The van der Waals surface area contributed by atoms with Crippen LogP contribution < -0.4 is 10.2 Å². The minimum atomic E-state index is -4.68. The molecule has 34 heavy (non-hydrogen) atoms. The van der Waals surface area contributed by atoms with Crippen molar-refractivity contribution in [2.45, 2.75) is 12.2 Å². The molecule has 2 aromatic heterocycles. The second-order valence-electron chi connectivity index (χ2n) is 8.03. The predicted molar refractivity (Wildman–Crippen MR) is 125 cm³/mol. The molecule has 4 aromatic rings. The highest BCUT2D eigenvalue weighted by atomic mass is 19.4. The number of aromatic nitrogens is 3. The number of benzene rings is 2. The summed E-state index contributed by atoms with van der Waals surface area (Å²) in [5.41, 5.74) is 2.56. The van der Waals surface area contributed by atoms with Crippen LogP contribution >= 0.6 is 0 Å². The average Bonchev–Trinajstić information content (AvgIpc) is 2.89. The van der Waals surface area contributed by atoms with E-state index >= 15 is 0 Å². The predicted octanol–water partition coefficient (Wildman–Crippen LogP) is 5.38. The first-order valence-electron chi connectivity index (χ1n) is 11.0. The van der Waals surface area contributed by atoms with Crippen molar-refractivity contribution < 1.29 is 13.2 Å². The molecular formula is C26H22F3N5. The monoisotopic (exact) mass is 461 g/mol. The number of piperazine rings is 1. The van der Waals surface area contributed by atoms with Crippen molar-refractivity contribution in [3.63, 3.8) is 0 Å². The first-order valence-corrected chi connectivity index (χ1v) is 11.0. The molecule has 5 nitrogen and oxygen atoms in total. The molecule has 172 valence electrons. The fraction of sp³-hybridized carbons (Fsp3) is 0.192. The highest BCUT2D eigenvalue weighted by Crippen LogP contribution is 2.39. The molecule has 0 bridgehead atoms. The Morgan fingerprint density at radius 3 is 2.15 bits per heavy atom. The molecule has 0 radical (unpaired) electrons. The normalized spacial score (nSPS) is 16.4. The van der Waals surface area contributed by atoms with Crippen LogP contribution in [0.4, 0.5) is 19.0 Å². The van der Waals surface area contributed by atoms with Crippen molar-refractivity contribution >= 4 is 5.82 Å². The van der Waals surface area contributed by atoms with Gasteiger partial charge in [0.1, 0.15) is 5.82 Å². The number of alkyl halides is 3. The van der Waals surface area contributed by atoms with Gasteiger partial charge in [-0.25, -0.2) is 15.0 Å². The van der Waals surface area contributed by atoms with Gasteiger partial charge < -0.3 is 10.2 Å². The fourth-order valence-electron chi connectivity index (χ4n) is 4.23. The van der Waals surface area contributed by atoms with E-state index in [2.05, 4.69) is 25.2 Å². The number of nitrogens with zero attached hydrogens (tertiary/aromatic N) is 4. The molecule has 0 saturated carbocycles. The Balaban J connectivity index is 1.70. The molecule has 0 amide bonds. The maximum absolute atomic E-state index is 13.9. The summed E-state index contributed by atoms with van der Waals surface area (Å²) in [6, 6.07) is 23.5. The van der Waals surface area contributed by atoms with Crippen molar-refractivity contribution in [3.05, 3.63) is 96.6 Å². The minimum Gasteiger partial charge on any atom is -0.353 e. The fourth-order valence-corrected chi connectivity index (χ4v) is 4.23. The smallest absolute Gasteiger partial charge is 0.353 e. The van der Waals surface area contributed by atoms with Gasteiger partial charge in [0.15, 0.2) is 0 Å². The molecule has 1 saturated heterocycles. The summed E-state index contributed by atoms with van der Waals surface area (Å²) in [5, 5.41) is 3.38. The number of hydrogen-bond acceptors (Lipinski definition) is 5. The molecule has 0 aliphatic carbocycles. The number of halogens is 3. The van der Waals surface area contributed by atoms with Gasteiger partial charge in [0.25, 0.3) is 0 Å². The van der Waals surface area contributed by atoms with Crippen molar-refractivity contribution in [1.82, 2.24) is 20.3 Å². The van der Waals surface area contributed by atoms with Crippen LogP contribution in [0.1, 0.15) is 17.6 Å². The molecule has 1 fully saturated rings. The number of rotatable bonds is 4. The molecule has 1 unspecified atom stereocenters. The standard InChI is InChI=1S/C26H22F3N5/c27-26(28,29)25-32-23(19-11-5-2-6-12-19)22(18-9-3-1-4-10-18)24(33-25)20-17-34(16-15-30-20)21-13-7-8-14-31-21/h1-14,20,30H,15-17H2. The van der Waals surface area contributed by atoms with Crippen molar-refractivity contribution in [2.24, 2.45) is 0 Å². The lowest BCUT2D eigenvalue weighted by Crippen LogP contribution is -2.46. The quantitative estimate of drug-likeness (QED) is 0.443. The van der Waals surface area contributed by atoms with E-state index in [0.717, 1.165) is 11.4 Å². The van der Waals surface area contributed by atoms with E-state index in [-0.39, 0.29) is 5.69 Å². The van der Waals surface area contributed by atoms with Gasteiger partial charge in [-0.15, -0.1) is 0 Å². The van der Waals surface area contributed by atoms with E-state index in [1.165, 1.54) is 0 Å². The second kappa shape index (κ2) is 9.23. The summed E-state index contributed by atoms with van der Waals surface area (Å²) in [6.07, 6.45) is -2.97. The van der Waals surface area contributed by atoms with Crippen LogP contribution in [-0.4, -0.2) is 34.6 Å². The molecular weight excluding hydrogens is 439 g/mol. The summed E-state index contributed by atoms with van der Waals surface area (Å²) in [5.74, 6) is -0.360. The van der Waals surface area contributed by atoms with Crippen LogP contribution in [0.2, 0.25) is 0 Å². The summed E-state index contributed by atoms with van der Waals surface area (Å²) >= 11 is 0. The Kier molecular flexibility index (Phi) is 5.98. The third-order valence-electron chi connectivity index (χ3n) is 5.78. The van der Waals surface area contributed by atoms with Crippen LogP contribution in [-0.2, 0) is 6.18 Å². The molecule has 5 rings (SSSR count). The zero-order chi connectivity index (χ0) is 23.5. The third kappa shape index (κ3) is 4.49. The Morgan fingerprint density at radius 1 is 0.824 bits per heavy atom. The van der Waals surface area contributed by atoms with E-state index in [1.807, 2.05) is 54.6 Å². The number of pyridine rings is 1. The topological polar surface area (TPSA) is 53.9 Å². The zero-order valence-electron chi connectivity index (χ0n) is 18.2. The Morgan fingerprint density at radius 2 is 1.50 bits per heavy atom. The number of hydrogen-bond donors (Lipinski definition) is 1. The molecule has 1 aliphatic rings. The first-order chi connectivity index (χ1) is 16.5.